The fourth-order valence-corrected chi connectivity index (χ4v) is 1.95. The summed E-state index contributed by atoms with van der Waals surface area (Å²) in [5.41, 5.74) is 7.11. The van der Waals surface area contributed by atoms with Gasteiger partial charge in [0.15, 0.2) is 0 Å². The number of anilines is 1. The maximum atomic E-state index is 12.0. The van der Waals surface area contributed by atoms with Crippen LogP contribution in [0.5, 0.6) is 0 Å². The molecule has 2 rings (SSSR count). The highest BCUT2D eigenvalue weighted by atomic mass is 35.5. The highest BCUT2D eigenvalue weighted by Gasteiger charge is 2.11. The Balaban J connectivity index is 2.07. The number of nitrogens with one attached hydrogen (secondary N) is 1. The van der Waals surface area contributed by atoms with Crippen molar-refractivity contribution in [3.05, 3.63) is 57.8 Å². The lowest BCUT2D eigenvalue weighted by Crippen LogP contribution is -2.23. The summed E-state index contributed by atoms with van der Waals surface area (Å²) in [6.45, 7) is 0.352. The van der Waals surface area contributed by atoms with Crippen LogP contribution >= 0.6 is 23.2 Å². The van der Waals surface area contributed by atoms with Gasteiger partial charge in [-0.1, -0.05) is 35.3 Å². The fourth-order valence-electron chi connectivity index (χ4n) is 1.55. The Morgan fingerprint density at radius 1 is 1.32 bits per heavy atom. The molecule has 1 aromatic carbocycles. The Kier molecular flexibility index (Phi) is 4.24. The van der Waals surface area contributed by atoms with Gasteiger partial charge in [-0.3, -0.25) is 4.79 Å². The standard InChI is InChI=1S/C13H11Cl2N3O/c14-9-3-1-2-8(4-9)6-18-13(19)11-5-10(16)7-17-12(11)15/h1-5,7H,6,16H2,(H,18,19). The number of aromatic nitrogens is 1. The van der Waals surface area contributed by atoms with Crippen LogP contribution in [0.4, 0.5) is 5.69 Å². The predicted octanol–water partition coefficient (Wildman–Crippen LogP) is 2.90. The molecule has 0 saturated carbocycles. The van der Waals surface area contributed by atoms with E-state index >= 15 is 0 Å². The van der Waals surface area contributed by atoms with E-state index in [0.29, 0.717) is 17.3 Å². The van der Waals surface area contributed by atoms with Gasteiger partial charge in [0, 0.05) is 11.6 Å². The number of carbonyl (C=O) groups is 1. The van der Waals surface area contributed by atoms with Crippen molar-refractivity contribution in [2.45, 2.75) is 6.54 Å². The summed E-state index contributed by atoms with van der Waals surface area (Å²) >= 11 is 11.7. The molecule has 3 N–H and O–H groups in total. The summed E-state index contributed by atoms with van der Waals surface area (Å²) in [7, 11) is 0. The Morgan fingerprint density at radius 2 is 2.11 bits per heavy atom. The molecule has 0 spiro atoms. The minimum Gasteiger partial charge on any atom is -0.397 e. The molecule has 0 atom stereocenters. The van der Waals surface area contributed by atoms with Crippen LogP contribution in [0.25, 0.3) is 0 Å². The third-order valence-electron chi connectivity index (χ3n) is 2.45. The van der Waals surface area contributed by atoms with Crippen LogP contribution in [-0.2, 0) is 6.54 Å². The zero-order chi connectivity index (χ0) is 13.8. The van der Waals surface area contributed by atoms with Gasteiger partial charge in [-0.25, -0.2) is 4.98 Å². The van der Waals surface area contributed by atoms with E-state index < -0.39 is 0 Å². The van der Waals surface area contributed by atoms with Crippen molar-refractivity contribution in [1.29, 1.82) is 0 Å². The maximum absolute atomic E-state index is 12.0. The first-order valence-electron chi connectivity index (χ1n) is 5.50. The van der Waals surface area contributed by atoms with E-state index in [1.54, 1.807) is 12.1 Å². The van der Waals surface area contributed by atoms with Gasteiger partial charge in [-0.15, -0.1) is 0 Å². The molecule has 98 valence electrons. The quantitative estimate of drug-likeness (QED) is 0.856. The average molecular weight is 296 g/mol. The Morgan fingerprint density at radius 3 is 2.84 bits per heavy atom. The summed E-state index contributed by atoms with van der Waals surface area (Å²) in [6, 6.07) is 8.72. The van der Waals surface area contributed by atoms with Crippen molar-refractivity contribution in [2.24, 2.45) is 0 Å². The first-order valence-corrected chi connectivity index (χ1v) is 6.25. The number of nitrogens with two attached hydrogens (primary N) is 1. The first-order chi connectivity index (χ1) is 9.06. The molecule has 19 heavy (non-hydrogen) atoms. The SMILES string of the molecule is Nc1cnc(Cl)c(C(=O)NCc2cccc(Cl)c2)c1. The molecule has 1 amide bonds. The number of hydrogen-bond donors (Lipinski definition) is 2. The first kappa shape index (κ1) is 13.6. The lowest BCUT2D eigenvalue weighted by atomic mass is 10.2. The molecule has 0 aliphatic heterocycles. The van der Waals surface area contributed by atoms with Gasteiger partial charge in [0.1, 0.15) is 5.15 Å². The van der Waals surface area contributed by atoms with Crippen molar-refractivity contribution in [2.75, 3.05) is 5.73 Å². The molecule has 4 nitrogen and oxygen atoms in total. The topological polar surface area (TPSA) is 68.0 Å². The van der Waals surface area contributed by atoms with Crippen LogP contribution in [0.2, 0.25) is 10.2 Å². The van der Waals surface area contributed by atoms with Gasteiger partial charge in [0.2, 0.25) is 0 Å². The van der Waals surface area contributed by atoms with Crippen molar-refractivity contribution in [3.8, 4) is 0 Å². The number of rotatable bonds is 3. The molecule has 0 unspecified atom stereocenters. The van der Waals surface area contributed by atoms with Crippen molar-refractivity contribution in [1.82, 2.24) is 10.3 Å². The highest BCUT2D eigenvalue weighted by Crippen LogP contribution is 2.16. The largest absolute Gasteiger partial charge is 0.397 e. The van der Waals surface area contributed by atoms with Gasteiger partial charge in [-0.2, -0.15) is 0 Å². The van der Waals surface area contributed by atoms with Gasteiger partial charge < -0.3 is 11.1 Å². The third kappa shape index (κ3) is 3.59. The number of nitrogens with zero attached hydrogens (tertiary/aromatic N) is 1. The lowest BCUT2D eigenvalue weighted by Gasteiger charge is -2.07. The molecular formula is C13H11Cl2N3O. The van der Waals surface area contributed by atoms with E-state index in [2.05, 4.69) is 10.3 Å². The van der Waals surface area contributed by atoms with Crippen LogP contribution in [-0.4, -0.2) is 10.9 Å². The number of nitrogen functional groups attached to an aromatic ring is 1. The molecule has 1 aromatic heterocycles. The molecule has 0 saturated heterocycles. The van der Waals surface area contributed by atoms with Crippen molar-refractivity contribution in [3.63, 3.8) is 0 Å². The summed E-state index contributed by atoms with van der Waals surface area (Å²) in [6.07, 6.45) is 1.40. The molecule has 0 fully saturated rings. The molecule has 6 heteroatoms. The van der Waals surface area contributed by atoms with E-state index in [0.717, 1.165) is 5.56 Å². The van der Waals surface area contributed by atoms with E-state index in [9.17, 15) is 4.79 Å². The lowest BCUT2D eigenvalue weighted by molar-refractivity contribution is 0.0950. The maximum Gasteiger partial charge on any atom is 0.254 e. The molecule has 1 heterocycles. The van der Waals surface area contributed by atoms with E-state index in [4.69, 9.17) is 28.9 Å². The zero-order valence-corrected chi connectivity index (χ0v) is 11.4. The Bertz CT molecular complexity index is 617. The predicted molar refractivity (Wildman–Crippen MR) is 76.3 cm³/mol. The second kappa shape index (κ2) is 5.91. The molecule has 0 bridgehead atoms. The van der Waals surface area contributed by atoms with Crippen LogP contribution in [0.15, 0.2) is 36.5 Å². The summed E-state index contributed by atoms with van der Waals surface area (Å²) in [5.74, 6) is -0.329. The van der Waals surface area contributed by atoms with Crippen LogP contribution in [0, 0.1) is 0 Å². The number of carbonyl (C=O) groups excluding carboxylic acids is 1. The van der Waals surface area contributed by atoms with Gasteiger partial charge in [0.25, 0.3) is 5.91 Å². The highest BCUT2D eigenvalue weighted by molar-refractivity contribution is 6.32. The molecule has 0 aliphatic rings. The van der Waals surface area contributed by atoms with Gasteiger partial charge >= 0.3 is 0 Å². The smallest absolute Gasteiger partial charge is 0.254 e. The van der Waals surface area contributed by atoms with E-state index in [1.807, 2.05) is 12.1 Å². The minimum atomic E-state index is -0.329. The zero-order valence-electron chi connectivity index (χ0n) is 9.86. The summed E-state index contributed by atoms with van der Waals surface area (Å²) in [5, 5.41) is 3.48. The number of amides is 1. The number of benzene rings is 1. The second-order valence-corrected chi connectivity index (χ2v) is 4.71. The van der Waals surface area contributed by atoms with Crippen LogP contribution in [0.3, 0.4) is 0 Å². The fraction of sp³-hybridized carbons (Fsp3) is 0.0769. The number of halogens is 2. The molecule has 0 radical (unpaired) electrons. The monoisotopic (exact) mass is 295 g/mol. The molecule has 2 aromatic rings. The minimum absolute atomic E-state index is 0.123. The number of hydrogen-bond acceptors (Lipinski definition) is 3. The third-order valence-corrected chi connectivity index (χ3v) is 2.98. The van der Waals surface area contributed by atoms with Crippen molar-refractivity contribution >= 4 is 34.8 Å². The second-order valence-electron chi connectivity index (χ2n) is 3.92. The average Bonchev–Trinajstić information content (AvgIpc) is 2.39. The van der Waals surface area contributed by atoms with Crippen LogP contribution < -0.4 is 11.1 Å². The van der Waals surface area contributed by atoms with Gasteiger partial charge in [-0.05, 0) is 23.8 Å². The molecule has 0 aliphatic carbocycles. The summed E-state index contributed by atoms with van der Waals surface area (Å²) in [4.78, 5) is 15.8. The Hall–Kier alpha value is -1.78. The van der Waals surface area contributed by atoms with E-state index in [1.165, 1.54) is 12.3 Å². The normalized spacial score (nSPS) is 10.2. The summed E-state index contributed by atoms with van der Waals surface area (Å²) < 4.78 is 0. The Labute approximate surface area is 120 Å². The number of pyridine rings is 1. The molecular weight excluding hydrogens is 285 g/mol. The van der Waals surface area contributed by atoms with E-state index in [-0.39, 0.29) is 16.6 Å². The van der Waals surface area contributed by atoms with Crippen LogP contribution in [0.1, 0.15) is 15.9 Å². The van der Waals surface area contributed by atoms with Gasteiger partial charge in [0.05, 0.1) is 17.4 Å². The van der Waals surface area contributed by atoms with Crippen molar-refractivity contribution < 1.29 is 4.79 Å².